The minimum Gasteiger partial charge on any atom is -0.456 e. The van der Waals surface area contributed by atoms with Crippen LogP contribution in [0.25, 0.3) is 149 Å². The molecule has 15 rings (SSSR count). The Balaban J connectivity index is 0.853. The van der Waals surface area contributed by atoms with Crippen molar-refractivity contribution >= 4 is 86.8 Å². The second-order valence-electron chi connectivity index (χ2n) is 18.7. The molecule has 0 bridgehead atoms. The van der Waals surface area contributed by atoms with Crippen molar-refractivity contribution in [2.24, 2.45) is 0 Å². The van der Waals surface area contributed by atoms with Crippen LogP contribution in [0.3, 0.4) is 0 Å². The average molecular weight is 917 g/mol. The molecule has 0 spiro atoms. The number of para-hydroxylation sites is 1. The zero-order valence-electron chi connectivity index (χ0n) is 38.8. The molecule has 3 heterocycles. The summed E-state index contributed by atoms with van der Waals surface area (Å²) < 4.78 is 9.15. The lowest BCUT2D eigenvalue weighted by Crippen LogP contribution is -2.00. The fraction of sp³-hybridized carbons (Fsp3) is 0. The fourth-order valence-electron chi connectivity index (χ4n) is 11.3. The molecule has 15 aromatic rings. The van der Waals surface area contributed by atoms with E-state index < -0.39 is 0 Å². The molecule has 0 fully saturated rings. The summed E-state index contributed by atoms with van der Waals surface area (Å²) in [6, 6.07) is 86.4. The minimum absolute atomic E-state index is 0.572. The van der Waals surface area contributed by atoms with Gasteiger partial charge in [0, 0.05) is 43.9 Å². The topological polar surface area (TPSA) is 56.7 Å². The van der Waals surface area contributed by atoms with Crippen LogP contribution in [0, 0.1) is 0 Å². The van der Waals surface area contributed by atoms with E-state index in [0.717, 1.165) is 72.1 Å². The number of aromatic nitrogens is 4. The monoisotopic (exact) mass is 916 g/mol. The van der Waals surface area contributed by atoms with Crippen molar-refractivity contribution in [2.45, 2.75) is 0 Å². The summed E-state index contributed by atoms with van der Waals surface area (Å²) in [6.07, 6.45) is 0. The Hall–Kier alpha value is -9.71. The number of benzene rings is 12. The number of furan rings is 1. The Labute approximate surface area is 413 Å². The fourth-order valence-corrected chi connectivity index (χ4v) is 11.3. The third kappa shape index (κ3) is 6.31. The summed E-state index contributed by atoms with van der Waals surface area (Å²) in [5, 5.41) is 14.6. The molecule has 0 radical (unpaired) electrons. The van der Waals surface area contributed by atoms with E-state index in [2.05, 4.69) is 217 Å². The highest BCUT2D eigenvalue weighted by atomic mass is 16.3. The number of hydrogen-bond donors (Lipinski definition) is 0. The first kappa shape index (κ1) is 40.2. The highest BCUT2D eigenvalue weighted by Crippen LogP contribution is 2.43. The molecule has 334 valence electrons. The SMILES string of the molecule is c1ccc(-c2nc(-c3cccc(-c4ccc5c6ccccc6c6ccccc6c5c4)c3)nc(-c3ccc4c(c3)oc3cccc(-c5ccc6c7c8ccccc8ccc7n(-c7ccccc7)c6c5)c34)n2)cc1. The van der Waals surface area contributed by atoms with E-state index in [0.29, 0.717) is 17.5 Å². The molecule has 0 amide bonds. The average Bonchev–Trinajstić information content (AvgIpc) is 4.01. The Morgan fingerprint density at radius 1 is 0.278 bits per heavy atom. The maximum absolute atomic E-state index is 6.75. The van der Waals surface area contributed by atoms with Gasteiger partial charge < -0.3 is 8.98 Å². The molecule has 72 heavy (non-hydrogen) atoms. The predicted octanol–water partition coefficient (Wildman–Crippen LogP) is 17.8. The third-order valence-electron chi connectivity index (χ3n) is 14.6. The minimum atomic E-state index is 0.572. The van der Waals surface area contributed by atoms with E-state index >= 15 is 0 Å². The van der Waals surface area contributed by atoms with E-state index in [1.165, 1.54) is 59.4 Å². The first-order valence-electron chi connectivity index (χ1n) is 24.4. The van der Waals surface area contributed by atoms with Gasteiger partial charge in [0.25, 0.3) is 0 Å². The van der Waals surface area contributed by atoms with Gasteiger partial charge in [0.05, 0.1) is 11.0 Å². The summed E-state index contributed by atoms with van der Waals surface area (Å²) in [7, 11) is 0. The molecule has 3 aromatic heterocycles. The van der Waals surface area contributed by atoms with Crippen LogP contribution in [0.5, 0.6) is 0 Å². The molecule has 0 aliphatic rings. The second kappa shape index (κ2) is 15.9. The molecule has 0 N–H and O–H groups in total. The van der Waals surface area contributed by atoms with Crippen molar-refractivity contribution in [3.05, 3.63) is 243 Å². The van der Waals surface area contributed by atoms with E-state index in [1.807, 2.05) is 30.3 Å². The highest BCUT2D eigenvalue weighted by molar-refractivity contribution is 6.26. The molecule has 0 saturated heterocycles. The molecule has 0 atom stereocenters. The summed E-state index contributed by atoms with van der Waals surface area (Å²) in [5.41, 5.74) is 12.2. The van der Waals surface area contributed by atoms with Crippen LogP contribution in [0.4, 0.5) is 0 Å². The molecule has 0 aliphatic carbocycles. The van der Waals surface area contributed by atoms with Crippen molar-refractivity contribution in [1.29, 1.82) is 0 Å². The van der Waals surface area contributed by atoms with Gasteiger partial charge in [-0.3, -0.25) is 0 Å². The van der Waals surface area contributed by atoms with Crippen molar-refractivity contribution in [3.63, 3.8) is 0 Å². The number of rotatable bonds is 6. The molecule has 5 nitrogen and oxygen atoms in total. The lowest BCUT2D eigenvalue weighted by molar-refractivity contribution is 0.669. The van der Waals surface area contributed by atoms with Gasteiger partial charge >= 0.3 is 0 Å². The van der Waals surface area contributed by atoms with Gasteiger partial charge in [-0.15, -0.1) is 0 Å². The van der Waals surface area contributed by atoms with Crippen LogP contribution in [0.1, 0.15) is 0 Å². The standard InChI is InChI=1S/C67H40N4O/c1-3-16-42(17-4-1)65-68-66(46-19-13-18-43(37-46)44-29-33-55-53-25-10-9-23-51(53)52-24-11-12-26-54(52)58(55)38-44)70-67(69-65)47-31-35-57-62(40-47)72-61-28-14-27-50(64(57)61)45-30-34-56-60(39-45)71(48-20-5-2-6-21-48)59-36-32-41-15-7-8-22-49(41)63(56)59/h1-40H. The van der Waals surface area contributed by atoms with Gasteiger partial charge in [0.15, 0.2) is 17.5 Å². The van der Waals surface area contributed by atoms with Crippen LogP contribution >= 0.6 is 0 Å². The van der Waals surface area contributed by atoms with Gasteiger partial charge in [-0.25, -0.2) is 15.0 Å². The van der Waals surface area contributed by atoms with Crippen molar-refractivity contribution in [3.8, 4) is 62.1 Å². The Morgan fingerprint density at radius 2 is 0.819 bits per heavy atom. The molecule has 12 aromatic carbocycles. The predicted molar refractivity (Wildman–Crippen MR) is 299 cm³/mol. The van der Waals surface area contributed by atoms with Gasteiger partial charge in [-0.2, -0.15) is 0 Å². The molecular formula is C67H40N4O. The maximum Gasteiger partial charge on any atom is 0.164 e. The highest BCUT2D eigenvalue weighted by Gasteiger charge is 2.20. The van der Waals surface area contributed by atoms with Gasteiger partial charge in [-0.1, -0.05) is 188 Å². The number of fused-ring (bicyclic) bond motifs is 14. The van der Waals surface area contributed by atoms with Crippen LogP contribution in [0.15, 0.2) is 247 Å². The lowest BCUT2D eigenvalue weighted by atomic mass is 9.92. The number of nitrogens with zero attached hydrogens (tertiary/aromatic N) is 4. The third-order valence-corrected chi connectivity index (χ3v) is 14.6. The van der Waals surface area contributed by atoms with Crippen LogP contribution in [0.2, 0.25) is 0 Å². The largest absolute Gasteiger partial charge is 0.456 e. The summed E-state index contributed by atoms with van der Waals surface area (Å²) in [5.74, 6) is 1.78. The maximum atomic E-state index is 6.75. The van der Waals surface area contributed by atoms with Crippen molar-refractivity contribution < 1.29 is 4.42 Å². The van der Waals surface area contributed by atoms with E-state index in [-0.39, 0.29) is 0 Å². The van der Waals surface area contributed by atoms with Crippen LogP contribution in [-0.2, 0) is 0 Å². The normalized spacial score (nSPS) is 11.9. The molecule has 5 heteroatoms. The van der Waals surface area contributed by atoms with Crippen molar-refractivity contribution in [1.82, 2.24) is 19.5 Å². The van der Waals surface area contributed by atoms with Gasteiger partial charge in [0.2, 0.25) is 0 Å². The quantitative estimate of drug-likeness (QED) is 0.156. The first-order valence-corrected chi connectivity index (χ1v) is 24.4. The van der Waals surface area contributed by atoms with E-state index in [9.17, 15) is 0 Å². The Bertz CT molecular complexity index is 4650. The number of hydrogen-bond acceptors (Lipinski definition) is 4. The van der Waals surface area contributed by atoms with Gasteiger partial charge in [-0.05, 0) is 120 Å². The summed E-state index contributed by atoms with van der Waals surface area (Å²) in [6.45, 7) is 0. The molecule has 0 saturated carbocycles. The second-order valence-corrected chi connectivity index (χ2v) is 18.7. The summed E-state index contributed by atoms with van der Waals surface area (Å²) in [4.78, 5) is 15.5. The molecule has 0 unspecified atom stereocenters. The Morgan fingerprint density at radius 3 is 1.58 bits per heavy atom. The molecule has 0 aliphatic heterocycles. The van der Waals surface area contributed by atoms with E-state index in [1.54, 1.807) is 0 Å². The zero-order valence-corrected chi connectivity index (χ0v) is 38.8. The first-order chi connectivity index (χ1) is 35.7. The summed E-state index contributed by atoms with van der Waals surface area (Å²) >= 11 is 0. The zero-order chi connectivity index (χ0) is 47.3. The van der Waals surface area contributed by atoms with Crippen molar-refractivity contribution in [2.75, 3.05) is 0 Å². The van der Waals surface area contributed by atoms with Crippen LogP contribution in [-0.4, -0.2) is 19.5 Å². The lowest BCUT2D eigenvalue weighted by Gasteiger charge is -2.13. The van der Waals surface area contributed by atoms with Crippen LogP contribution < -0.4 is 0 Å². The van der Waals surface area contributed by atoms with Gasteiger partial charge in [0.1, 0.15) is 11.2 Å². The van der Waals surface area contributed by atoms with E-state index in [4.69, 9.17) is 19.4 Å². The Kier molecular flexibility index (Phi) is 8.89. The smallest absolute Gasteiger partial charge is 0.164 e. The molecular weight excluding hydrogens is 877 g/mol.